The van der Waals surface area contributed by atoms with E-state index < -0.39 is 0 Å². The number of nitrogens with one attached hydrogen (secondary N) is 2. The van der Waals surface area contributed by atoms with Gasteiger partial charge in [0.25, 0.3) is 5.91 Å². The van der Waals surface area contributed by atoms with Crippen molar-refractivity contribution in [1.29, 1.82) is 0 Å². The number of halogens is 1. The zero-order valence-electron chi connectivity index (χ0n) is 12.7. The van der Waals surface area contributed by atoms with Gasteiger partial charge in [0.05, 0.1) is 23.3 Å². The SMILES string of the molecule is Cl.O=C(NC1C2CCC(CC2)[C@@]12CN2)c1cnn2ncccc12. The first kappa shape index (κ1) is 14.9. The summed E-state index contributed by atoms with van der Waals surface area (Å²) in [5.74, 6) is 1.32. The summed E-state index contributed by atoms with van der Waals surface area (Å²) >= 11 is 0. The van der Waals surface area contributed by atoms with Crippen LogP contribution < -0.4 is 10.6 Å². The minimum Gasteiger partial charge on any atom is -0.347 e. The molecule has 4 fully saturated rings. The highest BCUT2D eigenvalue weighted by Crippen LogP contribution is 2.51. The monoisotopic (exact) mass is 333 g/mol. The zero-order valence-corrected chi connectivity index (χ0v) is 13.6. The summed E-state index contributed by atoms with van der Waals surface area (Å²) in [6.45, 7) is 1.05. The van der Waals surface area contributed by atoms with Crippen molar-refractivity contribution in [1.82, 2.24) is 25.5 Å². The average Bonchev–Trinajstić information content (AvgIpc) is 3.21. The lowest BCUT2D eigenvalue weighted by molar-refractivity contribution is 0.0635. The van der Waals surface area contributed by atoms with Crippen molar-refractivity contribution in [2.75, 3.05) is 6.54 Å². The summed E-state index contributed by atoms with van der Waals surface area (Å²) in [5, 5.41) is 15.2. The van der Waals surface area contributed by atoms with Crippen LogP contribution in [0, 0.1) is 11.8 Å². The van der Waals surface area contributed by atoms with E-state index >= 15 is 0 Å². The minimum absolute atomic E-state index is 0. The van der Waals surface area contributed by atoms with Gasteiger partial charge in [0.15, 0.2) is 0 Å². The molecular formula is C16H20ClN5O. The van der Waals surface area contributed by atoms with Crippen molar-refractivity contribution in [3.63, 3.8) is 0 Å². The fourth-order valence-corrected chi connectivity index (χ4v) is 4.73. The maximum atomic E-state index is 12.8. The highest BCUT2D eigenvalue weighted by molar-refractivity contribution is 6.00. The molecule has 1 amide bonds. The molecule has 3 heterocycles. The van der Waals surface area contributed by atoms with Gasteiger partial charge >= 0.3 is 0 Å². The summed E-state index contributed by atoms with van der Waals surface area (Å²) in [6, 6.07) is 3.98. The summed E-state index contributed by atoms with van der Waals surface area (Å²) < 4.78 is 1.51. The summed E-state index contributed by atoms with van der Waals surface area (Å²) in [7, 11) is 0. The molecule has 1 unspecified atom stereocenters. The van der Waals surface area contributed by atoms with Gasteiger partial charge in [-0.3, -0.25) is 4.79 Å². The third kappa shape index (κ3) is 2.08. The van der Waals surface area contributed by atoms with Crippen LogP contribution in [0.15, 0.2) is 24.5 Å². The molecule has 2 bridgehead atoms. The van der Waals surface area contributed by atoms with Crippen LogP contribution in [-0.2, 0) is 0 Å². The summed E-state index contributed by atoms with van der Waals surface area (Å²) in [4.78, 5) is 12.8. The third-order valence-electron chi connectivity index (χ3n) is 5.95. The molecule has 1 saturated heterocycles. The first-order valence-electron chi connectivity index (χ1n) is 8.13. The predicted molar refractivity (Wildman–Crippen MR) is 87.7 cm³/mol. The second kappa shape index (κ2) is 5.18. The molecule has 23 heavy (non-hydrogen) atoms. The molecule has 1 spiro atoms. The Labute approximate surface area is 140 Å². The van der Waals surface area contributed by atoms with E-state index in [2.05, 4.69) is 20.8 Å². The molecule has 122 valence electrons. The van der Waals surface area contributed by atoms with Gasteiger partial charge in [-0.05, 0) is 49.7 Å². The lowest BCUT2D eigenvalue weighted by atomic mass is 9.61. The van der Waals surface area contributed by atoms with Gasteiger partial charge < -0.3 is 10.6 Å². The molecule has 2 atom stereocenters. The molecule has 7 heteroatoms. The van der Waals surface area contributed by atoms with Crippen molar-refractivity contribution >= 4 is 23.8 Å². The van der Waals surface area contributed by atoms with Gasteiger partial charge in [-0.15, -0.1) is 12.4 Å². The standard InChI is InChI=1S/C16H19N5O.ClH/c22-15(12-8-19-21-13(12)2-1-7-18-21)20-14-10-3-5-11(6-4-10)16(14)9-17-16;/h1-2,7-8,10-11,14,17H,3-6,9H2,(H,20,22);1H/t10?,11?,14?,16-;/m0./s1. The number of amides is 1. The van der Waals surface area contributed by atoms with E-state index in [1.165, 1.54) is 30.3 Å². The minimum atomic E-state index is -0.0198. The maximum absolute atomic E-state index is 12.8. The molecule has 4 aliphatic rings. The Hall–Kier alpha value is -1.66. The van der Waals surface area contributed by atoms with Crippen LogP contribution in [0.2, 0.25) is 0 Å². The Kier molecular flexibility index (Phi) is 3.35. The largest absolute Gasteiger partial charge is 0.347 e. The fourth-order valence-electron chi connectivity index (χ4n) is 4.73. The van der Waals surface area contributed by atoms with Crippen molar-refractivity contribution < 1.29 is 4.79 Å². The topological polar surface area (TPSA) is 81.2 Å². The molecule has 2 aromatic heterocycles. The van der Waals surface area contributed by atoms with Gasteiger partial charge in [0.2, 0.25) is 0 Å². The van der Waals surface area contributed by atoms with E-state index in [0.29, 0.717) is 11.5 Å². The second-order valence-electron chi connectivity index (χ2n) is 6.91. The zero-order chi connectivity index (χ0) is 14.7. The van der Waals surface area contributed by atoms with Crippen LogP contribution in [0.1, 0.15) is 36.0 Å². The average molecular weight is 334 g/mol. The lowest BCUT2D eigenvalue weighted by Crippen LogP contribution is -2.60. The van der Waals surface area contributed by atoms with Crippen LogP contribution >= 0.6 is 12.4 Å². The van der Waals surface area contributed by atoms with Gasteiger partial charge in [0, 0.05) is 12.7 Å². The number of hydrogen-bond acceptors (Lipinski definition) is 4. The molecule has 6 rings (SSSR count). The molecule has 6 nitrogen and oxygen atoms in total. The van der Waals surface area contributed by atoms with E-state index in [0.717, 1.165) is 18.0 Å². The molecule has 0 radical (unpaired) electrons. The highest BCUT2D eigenvalue weighted by Gasteiger charge is 2.61. The normalized spacial score (nSPS) is 34.3. The van der Waals surface area contributed by atoms with Crippen molar-refractivity contribution in [3.05, 3.63) is 30.1 Å². The first-order chi connectivity index (χ1) is 10.8. The number of fused-ring (bicyclic) bond motifs is 3. The highest BCUT2D eigenvalue weighted by atomic mass is 35.5. The van der Waals surface area contributed by atoms with E-state index in [9.17, 15) is 4.79 Å². The van der Waals surface area contributed by atoms with Gasteiger partial charge in [-0.25, -0.2) is 0 Å². The molecular weight excluding hydrogens is 314 g/mol. The fraction of sp³-hybridized carbons (Fsp3) is 0.562. The molecule has 2 N–H and O–H groups in total. The second-order valence-corrected chi connectivity index (χ2v) is 6.91. The lowest BCUT2D eigenvalue weighted by Gasteiger charge is -2.48. The van der Waals surface area contributed by atoms with Crippen molar-refractivity contribution in [2.45, 2.75) is 37.3 Å². The summed E-state index contributed by atoms with van der Waals surface area (Å²) in [6.07, 6.45) is 8.40. The number of hydrogen-bond donors (Lipinski definition) is 2. The number of rotatable bonds is 2. The molecule has 2 aromatic rings. The van der Waals surface area contributed by atoms with Crippen molar-refractivity contribution in [3.8, 4) is 0 Å². The van der Waals surface area contributed by atoms with Crippen LogP contribution in [-0.4, -0.2) is 38.9 Å². The Balaban J connectivity index is 0.00000135. The summed E-state index contributed by atoms with van der Waals surface area (Å²) in [5.41, 5.74) is 1.56. The van der Waals surface area contributed by atoms with Gasteiger partial charge in [-0.1, -0.05) is 0 Å². The molecule has 1 aliphatic heterocycles. The smallest absolute Gasteiger partial charge is 0.255 e. The number of carbonyl (C=O) groups excluding carboxylic acids is 1. The molecule has 0 aromatic carbocycles. The first-order valence-corrected chi connectivity index (χ1v) is 8.13. The molecule has 3 saturated carbocycles. The van der Waals surface area contributed by atoms with Crippen molar-refractivity contribution in [2.24, 2.45) is 11.8 Å². The third-order valence-corrected chi connectivity index (χ3v) is 5.95. The Morgan fingerprint density at radius 1 is 1.30 bits per heavy atom. The quantitative estimate of drug-likeness (QED) is 0.814. The van der Waals surface area contributed by atoms with Crippen LogP contribution in [0.5, 0.6) is 0 Å². The number of carbonyl (C=O) groups is 1. The number of nitrogens with zero attached hydrogens (tertiary/aromatic N) is 3. The van der Waals surface area contributed by atoms with Crippen LogP contribution in [0.25, 0.3) is 5.52 Å². The predicted octanol–water partition coefficient (Wildman–Crippen LogP) is 1.41. The maximum Gasteiger partial charge on any atom is 0.255 e. The van der Waals surface area contributed by atoms with Crippen LogP contribution in [0.4, 0.5) is 0 Å². The number of aromatic nitrogens is 3. The van der Waals surface area contributed by atoms with Gasteiger partial charge in [0.1, 0.15) is 5.52 Å². The van der Waals surface area contributed by atoms with E-state index in [-0.39, 0.29) is 29.9 Å². The Morgan fingerprint density at radius 2 is 2.09 bits per heavy atom. The van der Waals surface area contributed by atoms with E-state index in [1.54, 1.807) is 12.4 Å². The van der Waals surface area contributed by atoms with Gasteiger partial charge in [-0.2, -0.15) is 14.8 Å². The molecule has 3 aliphatic carbocycles. The van der Waals surface area contributed by atoms with E-state index in [4.69, 9.17) is 0 Å². The van der Waals surface area contributed by atoms with E-state index in [1.807, 2.05) is 12.1 Å². The van der Waals surface area contributed by atoms with Crippen LogP contribution in [0.3, 0.4) is 0 Å². The Morgan fingerprint density at radius 3 is 2.83 bits per heavy atom. The Bertz CT molecular complexity index is 748.